The summed E-state index contributed by atoms with van der Waals surface area (Å²) in [7, 11) is 1.94. The molecular weight excluding hydrogens is 338 g/mol. The van der Waals surface area contributed by atoms with Gasteiger partial charge in [-0.05, 0) is 49.3 Å². The summed E-state index contributed by atoms with van der Waals surface area (Å²) in [5, 5.41) is 2.09. The molecule has 1 aromatic rings. The molecule has 0 saturated carbocycles. The predicted molar refractivity (Wildman–Crippen MR) is 123 cm³/mol. The summed E-state index contributed by atoms with van der Waals surface area (Å²) in [5.74, 6) is 1.32. The van der Waals surface area contributed by atoms with Crippen LogP contribution < -0.4 is 5.30 Å². The van der Waals surface area contributed by atoms with Gasteiger partial charge in [-0.25, -0.2) is 0 Å². The van der Waals surface area contributed by atoms with E-state index in [2.05, 4.69) is 95.2 Å². The standard InChI is InChI=1S/C23H42P2/c1-20(2,3)16-13-17(21(4,5)6)19(18(14-16)22(7,8)9)24-15-25-23(10,11)12/h13-14,24-25H,15H2,1-12H3. The summed E-state index contributed by atoms with van der Waals surface area (Å²) >= 11 is 0. The predicted octanol–water partition coefficient (Wildman–Crippen LogP) is 7.32. The normalized spacial score (nSPS) is 15.0. The van der Waals surface area contributed by atoms with Crippen LogP contribution in [0.1, 0.15) is 99.8 Å². The summed E-state index contributed by atoms with van der Waals surface area (Å²) in [4.78, 5) is 0. The van der Waals surface area contributed by atoms with Crippen molar-refractivity contribution >= 4 is 22.5 Å². The molecule has 0 aliphatic rings. The Morgan fingerprint density at radius 1 is 0.640 bits per heavy atom. The fourth-order valence-corrected chi connectivity index (χ4v) is 7.30. The van der Waals surface area contributed by atoms with E-state index < -0.39 is 0 Å². The first-order chi connectivity index (χ1) is 10.9. The maximum Gasteiger partial charge on any atom is -0.0125 e. The van der Waals surface area contributed by atoms with Crippen LogP contribution in [0.2, 0.25) is 0 Å². The lowest BCUT2D eigenvalue weighted by molar-refractivity contribution is 0.554. The first-order valence-electron chi connectivity index (χ1n) is 9.61. The van der Waals surface area contributed by atoms with Crippen molar-refractivity contribution in [3.63, 3.8) is 0 Å². The second-order valence-corrected chi connectivity index (χ2v) is 15.6. The van der Waals surface area contributed by atoms with Crippen molar-refractivity contribution in [1.82, 2.24) is 0 Å². The molecule has 0 fully saturated rings. The smallest absolute Gasteiger partial charge is 0.0125 e. The second-order valence-electron chi connectivity index (χ2n) is 11.5. The zero-order chi connectivity index (χ0) is 19.8. The molecular formula is C23H42P2. The number of hydrogen-bond donors (Lipinski definition) is 0. The first-order valence-corrected chi connectivity index (χ1v) is 12.0. The highest BCUT2D eigenvalue weighted by atomic mass is 31.1. The molecule has 0 saturated heterocycles. The summed E-state index contributed by atoms with van der Waals surface area (Å²) in [6.45, 7) is 28.4. The topological polar surface area (TPSA) is 0 Å². The maximum absolute atomic E-state index is 2.51. The Hall–Kier alpha value is 0.0800. The Kier molecular flexibility index (Phi) is 7.03. The molecule has 1 rings (SSSR count). The largest absolute Gasteiger partial charge is 0.112 e. The SMILES string of the molecule is CC(C)(C)PCPc1c(C(C)(C)C)cc(C(C)(C)C)cc1C(C)(C)C. The van der Waals surface area contributed by atoms with Crippen LogP contribution in [0.15, 0.2) is 12.1 Å². The average molecular weight is 381 g/mol. The number of benzene rings is 1. The highest BCUT2D eigenvalue weighted by Gasteiger charge is 2.29. The molecule has 0 nitrogen and oxygen atoms in total. The first kappa shape index (κ1) is 23.1. The molecule has 0 aromatic heterocycles. The van der Waals surface area contributed by atoms with Gasteiger partial charge < -0.3 is 0 Å². The molecule has 2 heteroatoms. The van der Waals surface area contributed by atoms with Gasteiger partial charge in [-0.15, -0.1) is 8.58 Å². The zero-order valence-corrected chi connectivity index (χ0v) is 20.9. The van der Waals surface area contributed by atoms with E-state index >= 15 is 0 Å². The lowest BCUT2D eigenvalue weighted by Gasteiger charge is -2.34. The number of rotatable bonds is 3. The van der Waals surface area contributed by atoms with Crippen molar-refractivity contribution in [2.24, 2.45) is 0 Å². The quantitative estimate of drug-likeness (QED) is 0.482. The third kappa shape index (κ3) is 6.96. The summed E-state index contributed by atoms with van der Waals surface area (Å²) in [5.41, 5.74) is 5.19. The molecule has 0 N–H and O–H groups in total. The molecule has 0 radical (unpaired) electrons. The van der Waals surface area contributed by atoms with Gasteiger partial charge in [0.2, 0.25) is 0 Å². The van der Waals surface area contributed by atoms with Crippen LogP contribution in [0.5, 0.6) is 0 Å². The molecule has 2 atom stereocenters. The van der Waals surface area contributed by atoms with Crippen LogP contribution in [0.25, 0.3) is 0 Å². The van der Waals surface area contributed by atoms with Crippen LogP contribution in [0.4, 0.5) is 0 Å². The third-order valence-corrected chi connectivity index (χ3v) is 7.87. The van der Waals surface area contributed by atoms with E-state index in [0.29, 0.717) is 5.16 Å². The molecule has 0 spiro atoms. The molecule has 144 valence electrons. The molecule has 0 aliphatic carbocycles. The van der Waals surface area contributed by atoms with E-state index in [1.807, 2.05) is 0 Å². The average Bonchev–Trinajstić information content (AvgIpc) is 2.33. The van der Waals surface area contributed by atoms with Crippen molar-refractivity contribution in [3.05, 3.63) is 28.8 Å². The minimum Gasteiger partial charge on any atom is -0.112 e. The van der Waals surface area contributed by atoms with Crippen LogP contribution in [0, 0.1) is 0 Å². The van der Waals surface area contributed by atoms with Crippen LogP contribution >= 0.6 is 17.2 Å². The summed E-state index contributed by atoms with van der Waals surface area (Å²) < 4.78 is 0. The zero-order valence-electron chi connectivity index (χ0n) is 18.9. The van der Waals surface area contributed by atoms with Gasteiger partial charge >= 0.3 is 0 Å². The van der Waals surface area contributed by atoms with E-state index in [-0.39, 0.29) is 16.2 Å². The Labute approximate surface area is 161 Å². The highest BCUT2D eigenvalue weighted by molar-refractivity contribution is 7.61. The van der Waals surface area contributed by atoms with Gasteiger partial charge in [0.05, 0.1) is 0 Å². The fourth-order valence-electron chi connectivity index (χ4n) is 2.85. The van der Waals surface area contributed by atoms with Crippen molar-refractivity contribution in [3.8, 4) is 0 Å². The van der Waals surface area contributed by atoms with Crippen molar-refractivity contribution in [2.75, 3.05) is 5.90 Å². The maximum atomic E-state index is 2.51. The Morgan fingerprint density at radius 2 is 1.04 bits per heavy atom. The molecule has 0 bridgehead atoms. The van der Waals surface area contributed by atoms with Gasteiger partial charge in [-0.2, -0.15) is 0 Å². The van der Waals surface area contributed by atoms with E-state index in [1.54, 1.807) is 16.4 Å². The van der Waals surface area contributed by atoms with Crippen molar-refractivity contribution < 1.29 is 0 Å². The van der Waals surface area contributed by atoms with Crippen molar-refractivity contribution in [1.29, 1.82) is 0 Å². The van der Waals surface area contributed by atoms with Crippen LogP contribution in [-0.4, -0.2) is 11.1 Å². The Morgan fingerprint density at radius 3 is 1.32 bits per heavy atom. The van der Waals surface area contributed by atoms with E-state index in [4.69, 9.17) is 0 Å². The molecule has 0 amide bonds. The van der Waals surface area contributed by atoms with E-state index in [9.17, 15) is 0 Å². The van der Waals surface area contributed by atoms with Gasteiger partial charge in [0.15, 0.2) is 0 Å². The fraction of sp³-hybridized carbons (Fsp3) is 0.739. The third-order valence-electron chi connectivity index (χ3n) is 4.50. The van der Waals surface area contributed by atoms with Crippen LogP contribution in [0.3, 0.4) is 0 Å². The monoisotopic (exact) mass is 380 g/mol. The van der Waals surface area contributed by atoms with E-state index in [1.165, 1.54) is 11.5 Å². The lowest BCUT2D eigenvalue weighted by Crippen LogP contribution is -2.30. The Bertz CT molecular complexity index is 549. The van der Waals surface area contributed by atoms with Gasteiger partial charge in [-0.1, -0.05) is 104 Å². The molecule has 1 aromatic carbocycles. The van der Waals surface area contributed by atoms with Gasteiger partial charge in [0.25, 0.3) is 0 Å². The molecule has 0 aliphatic heterocycles. The van der Waals surface area contributed by atoms with Gasteiger partial charge in [-0.3, -0.25) is 0 Å². The summed E-state index contributed by atoms with van der Waals surface area (Å²) in [6.07, 6.45) is 0. The van der Waals surface area contributed by atoms with Crippen LogP contribution in [-0.2, 0) is 16.2 Å². The minimum atomic E-state index is 0.189. The molecule has 0 heterocycles. The highest BCUT2D eigenvalue weighted by Crippen LogP contribution is 2.41. The van der Waals surface area contributed by atoms with Gasteiger partial charge in [0.1, 0.15) is 0 Å². The van der Waals surface area contributed by atoms with Crippen molar-refractivity contribution in [2.45, 2.75) is 104 Å². The lowest BCUT2D eigenvalue weighted by atomic mass is 9.75. The van der Waals surface area contributed by atoms with Gasteiger partial charge in [0, 0.05) is 0 Å². The van der Waals surface area contributed by atoms with E-state index in [0.717, 1.165) is 17.2 Å². The summed E-state index contributed by atoms with van der Waals surface area (Å²) in [6, 6.07) is 5.02. The molecule has 25 heavy (non-hydrogen) atoms. The Balaban J connectivity index is 3.54. The second kappa shape index (κ2) is 7.60. The minimum absolute atomic E-state index is 0.189. The number of hydrogen-bond acceptors (Lipinski definition) is 0. The molecule has 2 unspecified atom stereocenters.